The van der Waals surface area contributed by atoms with Gasteiger partial charge in [0.2, 0.25) is 0 Å². The van der Waals surface area contributed by atoms with E-state index in [1.807, 2.05) is 0 Å². The molecule has 74 heavy (non-hydrogen) atoms. The number of hydrogen-bond acceptors (Lipinski definition) is 10. The largest absolute Gasteiger partial charge is 0.472 e. The van der Waals surface area contributed by atoms with Crippen LogP contribution in [0.5, 0.6) is 0 Å². The van der Waals surface area contributed by atoms with Crippen molar-refractivity contribution in [3.63, 3.8) is 0 Å². The summed E-state index contributed by atoms with van der Waals surface area (Å²) >= 11 is 0. The van der Waals surface area contributed by atoms with Crippen molar-refractivity contribution in [3.05, 3.63) is 85.1 Å². The molecule has 0 bridgehead atoms. The molecule has 0 radical (unpaired) electrons. The SMILES string of the molecule is CC/C=C\C/C=C\C/C=C\C/C=C\CCCCC(=O)OC(COC(=O)CCCCCCCCCCC/C=C\C/C=C\CCCCC)COP(=O)(O)OCC(CO)OC(=O)CCCCCCC/C=C\CCCCCC. The van der Waals surface area contributed by atoms with Crippen LogP contribution >= 0.6 is 7.82 Å². The summed E-state index contributed by atoms with van der Waals surface area (Å²) in [6, 6.07) is 0. The Kier molecular flexibility index (Phi) is 53.4. The van der Waals surface area contributed by atoms with Crippen molar-refractivity contribution in [1.82, 2.24) is 0 Å². The van der Waals surface area contributed by atoms with E-state index in [0.29, 0.717) is 19.3 Å². The summed E-state index contributed by atoms with van der Waals surface area (Å²) in [5.41, 5.74) is 0. The van der Waals surface area contributed by atoms with E-state index in [1.165, 1.54) is 83.5 Å². The number of esters is 3. The quantitative estimate of drug-likeness (QED) is 0.0197. The lowest BCUT2D eigenvalue weighted by molar-refractivity contribution is -0.161. The van der Waals surface area contributed by atoms with Crippen LogP contribution in [-0.2, 0) is 42.2 Å². The van der Waals surface area contributed by atoms with E-state index in [1.54, 1.807) is 0 Å². The van der Waals surface area contributed by atoms with Crippen LogP contribution in [0.4, 0.5) is 0 Å². The van der Waals surface area contributed by atoms with Gasteiger partial charge in [0.25, 0.3) is 0 Å². The van der Waals surface area contributed by atoms with Gasteiger partial charge in [-0.05, 0) is 116 Å². The molecule has 0 rings (SSSR count). The summed E-state index contributed by atoms with van der Waals surface area (Å²) in [5, 5.41) is 9.81. The fourth-order valence-corrected chi connectivity index (χ4v) is 8.57. The van der Waals surface area contributed by atoms with E-state index in [9.17, 15) is 28.9 Å². The second kappa shape index (κ2) is 55.9. The van der Waals surface area contributed by atoms with E-state index < -0.39 is 57.8 Å². The standard InChI is InChI=1S/C62H107O11P/c1-4-7-10-13-16-19-22-25-27-28-29-30-32-34-36-39-42-45-48-51-60(64)69-55-59(73-62(66)53-50-47-44-41-38-35-31-26-23-20-17-14-11-8-5-2)57-71-74(67,68)70-56-58(54-63)72-61(65)52-49-46-43-40-37-33-24-21-18-15-12-9-6-3/h8,11,16-17,19-21,24-27,31,38,41,58-59,63H,4-7,9-10,12-15,18,22-23,28-30,32-37,39-40,42-57H2,1-3H3,(H,67,68)/b11-8-,19-16-,20-17-,24-21-,27-25-,31-26-,41-38-. The molecule has 0 amide bonds. The van der Waals surface area contributed by atoms with Gasteiger partial charge in [-0.3, -0.25) is 23.4 Å². The minimum absolute atomic E-state index is 0.112. The van der Waals surface area contributed by atoms with Crippen molar-refractivity contribution in [3.8, 4) is 0 Å². The predicted octanol–water partition coefficient (Wildman–Crippen LogP) is 17.5. The molecule has 0 aliphatic heterocycles. The molecule has 0 spiro atoms. The summed E-state index contributed by atoms with van der Waals surface area (Å²) < 4.78 is 39.5. The molecule has 426 valence electrons. The molecule has 0 heterocycles. The second-order valence-electron chi connectivity index (χ2n) is 19.4. The van der Waals surface area contributed by atoms with Crippen molar-refractivity contribution in [1.29, 1.82) is 0 Å². The van der Waals surface area contributed by atoms with Gasteiger partial charge < -0.3 is 24.2 Å². The van der Waals surface area contributed by atoms with E-state index in [0.717, 1.165) is 109 Å². The minimum atomic E-state index is -4.76. The zero-order valence-electron chi connectivity index (χ0n) is 47.0. The first-order valence-electron chi connectivity index (χ1n) is 29.5. The average Bonchev–Trinajstić information content (AvgIpc) is 3.39. The molecule has 0 saturated carbocycles. The Hall–Kier alpha value is -3.34. The molecular formula is C62H107O11P. The van der Waals surface area contributed by atoms with E-state index in [2.05, 4.69) is 106 Å². The van der Waals surface area contributed by atoms with Gasteiger partial charge in [-0.2, -0.15) is 0 Å². The minimum Gasteiger partial charge on any atom is -0.462 e. The summed E-state index contributed by atoms with van der Waals surface area (Å²) in [4.78, 5) is 48.5. The molecule has 12 heteroatoms. The van der Waals surface area contributed by atoms with Crippen molar-refractivity contribution >= 4 is 25.7 Å². The first-order valence-corrected chi connectivity index (χ1v) is 31.0. The Morgan fingerprint density at radius 1 is 0.392 bits per heavy atom. The molecule has 11 nitrogen and oxygen atoms in total. The summed E-state index contributed by atoms with van der Waals surface area (Å²) in [6.07, 6.45) is 64.0. The Morgan fingerprint density at radius 2 is 0.703 bits per heavy atom. The lowest BCUT2D eigenvalue weighted by Gasteiger charge is -2.21. The van der Waals surface area contributed by atoms with Gasteiger partial charge in [-0.25, -0.2) is 4.57 Å². The molecule has 0 fully saturated rings. The van der Waals surface area contributed by atoms with Crippen LogP contribution in [0.1, 0.15) is 252 Å². The highest BCUT2D eigenvalue weighted by Crippen LogP contribution is 2.43. The number of ether oxygens (including phenoxy) is 3. The van der Waals surface area contributed by atoms with Crippen LogP contribution in [0, 0.1) is 0 Å². The molecule has 3 atom stereocenters. The number of hydrogen-bond donors (Lipinski definition) is 2. The lowest BCUT2D eigenvalue weighted by Crippen LogP contribution is -2.30. The fraction of sp³-hybridized carbons (Fsp3) is 0.726. The van der Waals surface area contributed by atoms with Gasteiger partial charge in [0.1, 0.15) is 12.7 Å². The topological polar surface area (TPSA) is 155 Å². The highest BCUT2D eigenvalue weighted by molar-refractivity contribution is 7.47. The molecule has 0 aromatic rings. The zero-order chi connectivity index (χ0) is 54.1. The van der Waals surface area contributed by atoms with E-state index in [-0.39, 0.29) is 25.9 Å². The number of carbonyl (C=O) groups excluding carboxylic acids is 3. The molecule has 0 aliphatic carbocycles. The Bertz CT molecular complexity index is 1560. The molecule has 0 aliphatic rings. The highest BCUT2D eigenvalue weighted by Gasteiger charge is 2.28. The van der Waals surface area contributed by atoms with Crippen LogP contribution in [-0.4, -0.2) is 66.5 Å². The Labute approximate surface area is 451 Å². The van der Waals surface area contributed by atoms with Gasteiger partial charge in [0.05, 0.1) is 19.8 Å². The first kappa shape index (κ1) is 70.7. The normalized spacial score (nSPS) is 14.0. The molecule has 3 unspecified atom stereocenters. The average molecular weight is 1060 g/mol. The van der Waals surface area contributed by atoms with E-state index in [4.69, 9.17) is 23.3 Å². The van der Waals surface area contributed by atoms with Crippen LogP contribution in [0.3, 0.4) is 0 Å². The molecule has 0 aromatic heterocycles. The lowest BCUT2D eigenvalue weighted by atomic mass is 10.1. The van der Waals surface area contributed by atoms with Gasteiger partial charge >= 0.3 is 25.7 Å². The smallest absolute Gasteiger partial charge is 0.462 e. The third-order valence-corrected chi connectivity index (χ3v) is 13.2. The monoisotopic (exact) mass is 1060 g/mol. The number of unbranched alkanes of at least 4 members (excludes halogenated alkanes) is 23. The fourth-order valence-electron chi connectivity index (χ4n) is 7.78. The number of aliphatic hydroxyl groups is 1. The Balaban J connectivity index is 4.77. The van der Waals surface area contributed by atoms with Crippen molar-refractivity contribution in [2.24, 2.45) is 0 Å². The predicted molar refractivity (Wildman–Crippen MR) is 307 cm³/mol. The maximum atomic E-state index is 12.9. The van der Waals surface area contributed by atoms with Crippen molar-refractivity contribution in [2.75, 3.05) is 26.4 Å². The maximum absolute atomic E-state index is 12.9. The maximum Gasteiger partial charge on any atom is 0.472 e. The van der Waals surface area contributed by atoms with Crippen molar-refractivity contribution < 1.29 is 52.2 Å². The van der Waals surface area contributed by atoms with Crippen LogP contribution < -0.4 is 0 Å². The van der Waals surface area contributed by atoms with Gasteiger partial charge in [0, 0.05) is 19.3 Å². The van der Waals surface area contributed by atoms with Gasteiger partial charge in [0.15, 0.2) is 6.10 Å². The Morgan fingerprint density at radius 3 is 1.15 bits per heavy atom. The first-order chi connectivity index (χ1) is 36.2. The molecule has 0 aromatic carbocycles. The third kappa shape index (κ3) is 53.5. The number of rotatable bonds is 54. The van der Waals surface area contributed by atoms with Crippen molar-refractivity contribution in [2.45, 2.75) is 264 Å². The number of phosphoric ester groups is 1. The van der Waals surface area contributed by atoms with Gasteiger partial charge in [-0.15, -0.1) is 0 Å². The molecule has 2 N–H and O–H groups in total. The number of phosphoric acid groups is 1. The van der Waals surface area contributed by atoms with Crippen LogP contribution in [0.15, 0.2) is 85.1 Å². The number of carbonyl (C=O) groups is 3. The van der Waals surface area contributed by atoms with Crippen LogP contribution in [0.2, 0.25) is 0 Å². The van der Waals surface area contributed by atoms with Gasteiger partial charge in [-0.1, -0.05) is 202 Å². The summed E-state index contributed by atoms with van der Waals surface area (Å²) in [6.45, 7) is 4.44. The third-order valence-electron chi connectivity index (χ3n) is 12.3. The van der Waals surface area contributed by atoms with Crippen LogP contribution in [0.25, 0.3) is 0 Å². The second-order valence-corrected chi connectivity index (χ2v) is 20.9. The number of allylic oxidation sites excluding steroid dienone is 14. The highest BCUT2D eigenvalue weighted by atomic mass is 31.2. The molecular weight excluding hydrogens is 952 g/mol. The van der Waals surface area contributed by atoms with E-state index >= 15 is 0 Å². The summed E-state index contributed by atoms with van der Waals surface area (Å²) in [5.74, 6) is -1.53. The molecule has 0 saturated heterocycles. The number of aliphatic hydroxyl groups excluding tert-OH is 1. The summed E-state index contributed by atoms with van der Waals surface area (Å²) in [7, 11) is -4.76. The zero-order valence-corrected chi connectivity index (χ0v) is 47.9.